The summed E-state index contributed by atoms with van der Waals surface area (Å²) in [6.07, 6.45) is -3.19. The summed E-state index contributed by atoms with van der Waals surface area (Å²) >= 11 is 5.46. The molecule has 0 unspecified atom stereocenters. The number of hydrogen-bond donors (Lipinski definition) is 0. The maximum atomic E-state index is 14.1. The van der Waals surface area contributed by atoms with E-state index in [-0.39, 0.29) is 38.4 Å². The number of esters is 1. The number of alkyl halides is 3. The molecule has 0 amide bonds. The van der Waals surface area contributed by atoms with Gasteiger partial charge in [0.05, 0.1) is 48.4 Å². The van der Waals surface area contributed by atoms with Crippen LogP contribution < -0.4 is 24.4 Å². The molecular formula is C34H26BrF3N4O6S2. The summed E-state index contributed by atoms with van der Waals surface area (Å²) in [5, 5.41) is 0.0383. The van der Waals surface area contributed by atoms with Gasteiger partial charge < -0.3 is 18.6 Å². The van der Waals surface area contributed by atoms with E-state index in [1.54, 1.807) is 68.4 Å². The van der Waals surface area contributed by atoms with Gasteiger partial charge in [-0.3, -0.25) is 9.36 Å². The molecule has 1 atom stereocenters. The first-order valence-electron chi connectivity index (χ1n) is 14.8. The van der Waals surface area contributed by atoms with Crippen LogP contribution in [0, 0.1) is 0 Å². The summed E-state index contributed by atoms with van der Waals surface area (Å²) in [6.45, 7) is 3.46. The Bertz CT molecular complexity index is 2320. The number of nitrogens with zero attached hydrogens (tertiary/aromatic N) is 4. The van der Waals surface area contributed by atoms with Crippen molar-refractivity contribution in [2.75, 3.05) is 20.8 Å². The maximum absolute atomic E-state index is 14.1. The molecule has 0 saturated carbocycles. The van der Waals surface area contributed by atoms with E-state index < -0.39 is 29.4 Å². The first-order valence-corrected chi connectivity index (χ1v) is 17.2. The Balaban J connectivity index is 1.41. The van der Waals surface area contributed by atoms with Crippen molar-refractivity contribution in [2.45, 2.75) is 36.3 Å². The highest BCUT2D eigenvalue weighted by Crippen LogP contribution is 2.41. The van der Waals surface area contributed by atoms with Gasteiger partial charge in [-0.15, -0.1) is 0 Å². The van der Waals surface area contributed by atoms with Gasteiger partial charge in [-0.05, 0) is 61.5 Å². The van der Waals surface area contributed by atoms with Crippen molar-refractivity contribution < 1.29 is 36.6 Å². The molecule has 10 nitrogen and oxygen atoms in total. The van der Waals surface area contributed by atoms with Crippen LogP contribution in [-0.4, -0.2) is 41.3 Å². The van der Waals surface area contributed by atoms with Gasteiger partial charge in [0, 0.05) is 16.1 Å². The van der Waals surface area contributed by atoms with Crippen molar-refractivity contribution in [3.8, 4) is 22.8 Å². The lowest BCUT2D eigenvalue weighted by atomic mass is 9.95. The van der Waals surface area contributed by atoms with Crippen LogP contribution in [0.4, 0.5) is 13.2 Å². The molecule has 0 N–H and O–H groups in total. The van der Waals surface area contributed by atoms with Crippen LogP contribution in [0.5, 0.6) is 11.5 Å². The Hall–Kier alpha value is -4.67. The van der Waals surface area contributed by atoms with E-state index in [0.29, 0.717) is 37.6 Å². The Kier molecular flexibility index (Phi) is 10.0. The average Bonchev–Trinajstić information content (AvgIpc) is 3.66. The van der Waals surface area contributed by atoms with Gasteiger partial charge in [-0.2, -0.15) is 13.2 Å². The third kappa shape index (κ3) is 7.00. The van der Waals surface area contributed by atoms with Crippen LogP contribution in [-0.2, 0) is 15.7 Å². The van der Waals surface area contributed by atoms with Crippen LogP contribution in [0.2, 0.25) is 0 Å². The molecule has 4 heterocycles. The Morgan fingerprint density at radius 2 is 1.80 bits per heavy atom. The second kappa shape index (κ2) is 14.3. The summed E-state index contributed by atoms with van der Waals surface area (Å²) in [7, 11) is 2.97. The minimum atomic E-state index is -4.69. The molecule has 6 rings (SSSR count). The van der Waals surface area contributed by atoms with Crippen molar-refractivity contribution in [2.24, 2.45) is 4.99 Å². The molecule has 0 spiro atoms. The SMILES string of the molecule is CCOC(=O)C1=C(C)N=c2s/c(=C/c3ccc(Sc4nc(-c5ccccc5)cc(C(F)(F)F)n4)o3)c(=O)n2[C@@H]1c1cc(OC)c(OC)cc1Br. The van der Waals surface area contributed by atoms with Gasteiger partial charge in [-0.25, -0.2) is 19.8 Å². The first-order chi connectivity index (χ1) is 23.9. The van der Waals surface area contributed by atoms with Gasteiger partial charge in [0.1, 0.15) is 11.5 Å². The Morgan fingerprint density at radius 1 is 1.08 bits per heavy atom. The van der Waals surface area contributed by atoms with Crippen LogP contribution in [0.25, 0.3) is 17.3 Å². The number of fused-ring (bicyclic) bond motifs is 1. The van der Waals surface area contributed by atoms with E-state index in [9.17, 15) is 22.8 Å². The molecule has 5 aromatic rings. The van der Waals surface area contributed by atoms with Crippen LogP contribution in [0.15, 0.2) is 101 Å². The number of carbonyl (C=O) groups is 1. The van der Waals surface area contributed by atoms with Gasteiger partial charge in [0.2, 0.25) is 0 Å². The number of rotatable bonds is 9. The van der Waals surface area contributed by atoms with Gasteiger partial charge in [0.25, 0.3) is 5.56 Å². The number of thiazole rings is 1. The van der Waals surface area contributed by atoms with Crippen LogP contribution in [0.3, 0.4) is 0 Å². The molecule has 2 aromatic carbocycles. The van der Waals surface area contributed by atoms with Crippen molar-refractivity contribution >= 4 is 51.1 Å². The molecule has 0 aliphatic carbocycles. The maximum Gasteiger partial charge on any atom is 0.433 e. The number of carbonyl (C=O) groups excluding carboxylic acids is 1. The van der Waals surface area contributed by atoms with Gasteiger partial charge >= 0.3 is 12.1 Å². The van der Waals surface area contributed by atoms with E-state index in [4.69, 9.17) is 18.6 Å². The van der Waals surface area contributed by atoms with E-state index >= 15 is 0 Å². The number of methoxy groups -OCH3 is 2. The number of furan rings is 1. The lowest BCUT2D eigenvalue weighted by Crippen LogP contribution is -2.40. The monoisotopic (exact) mass is 786 g/mol. The second-order valence-electron chi connectivity index (χ2n) is 10.6. The first kappa shape index (κ1) is 35.2. The summed E-state index contributed by atoms with van der Waals surface area (Å²) < 4.78 is 65.6. The fraction of sp³-hybridized carbons (Fsp3) is 0.206. The molecule has 0 saturated heterocycles. The molecular weight excluding hydrogens is 761 g/mol. The normalized spacial score (nSPS) is 14.7. The van der Waals surface area contributed by atoms with Gasteiger partial charge in [0.15, 0.2) is 26.5 Å². The van der Waals surface area contributed by atoms with E-state index in [2.05, 4.69) is 30.9 Å². The minimum absolute atomic E-state index is 0.108. The average molecular weight is 788 g/mol. The van der Waals surface area contributed by atoms with Crippen molar-refractivity contribution in [3.05, 3.63) is 113 Å². The predicted octanol–water partition coefficient (Wildman–Crippen LogP) is 6.80. The van der Waals surface area contributed by atoms with Crippen LogP contribution >= 0.6 is 39.0 Å². The van der Waals surface area contributed by atoms with Crippen molar-refractivity contribution in [1.29, 1.82) is 0 Å². The number of hydrogen-bond acceptors (Lipinski definition) is 11. The third-order valence-corrected chi connectivity index (χ3v) is 9.90. The highest BCUT2D eigenvalue weighted by Gasteiger charge is 2.36. The third-order valence-electron chi connectivity index (χ3n) is 7.45. The number of ether oxygens (including phenoxy) is 3. The fourth-order valence-corrected chi connectivity index (χ4v) is 7.53. The molecule has 0 radical (unpaired) electrons. The lowest BCUT2D eigenvalue weighted by molar-refractivity contribution is -0.141. The molecule has 1 aliphatic heterocycles. The number of benzene rings is 2. The Labute approximate surface area is 299 Å². The van der Waals surface area contributed by atoms with Crippen molar-refractivity contribution in [1.82, 2.24) is 14.5 Å². The van der Waals surface area contributed by atoms with E-state index in [1.165, 1.54) is 24.9 Å². The van der Waals surface area contributed by atoms with E-state index in [1.807, 2.05) is 0 Å². The fourth-order valence-electron chi connectivity index (χ4n) is 5.22. The largest absolute Gasteiger partial charge is 0.493 e. The zero-order valence-corrected chi connectivity index (χ0v) is 29.9. The topological polar surface area (TPSA) is 118 Å². The second-order valence-corrected chi connectivity index (χ2v) is 13.4. The van der Waals surface area contributed by atoms with Crippen molar-refractivity contribution in [3.63, 3.8) is 0 Å². The highest BCUT2D eigenvalue weighted by atomic mass is 79.9. The smallest absolute Gasteiger partial charge is 0.433 e. The van der Waals surface area contributed by atoms with E-state index in [0.717, 1.165) is 29.2 Å². The highest BCUT2D eigenvalue weighted by molar-refractivity contribution is 9.10. The zero-order chi connectivity index (χ0) is 35.7. The molecule has 0 bridgehead atoms. The number of allylic oxidation sites excluding steroid dienone is 1. The minimum Gasteiger partial charge on any atom is -0.493 e. The van der Waals surface area contributed by atoms with Gasteiger partial charge in [-0.1, -0.05) is 57.6 Å². The summed E-state index contributed by atoms with van der Waals surface area (Å²) in [6, 6.07) is 14.9. The zero-order valence-electron chi connectivity index (χ0n) is 26.7. The molecule has 1 aliphatic rings. The van der Waals surface area contributed by atoms with Crippen LogP contribution in [0.1, 0.15) is 36.9 Å². The lowest BCUT2D eigenvalue weighted by Gasteiger charge is -2.26. The molecule has 0 fully saturated rings. The molecule has 258 valence electrons. The number of aromatic nitrogens is 3. The standard InChI is InChI=1S/C34H26BrF3N4O6S2/c1-5-47-31(44)28-17(2)39-33-42(29(28)20-14-23(45-3)24(46-4)15-21(20)35)30(43)25(49-33)13-19-11-12-27(48-19)50-32-40-22(18-9-7-6-8-10-18)16-26(41-32)34(36,37)38/h6-16,29H,5H2,1-4H3/b25-13+/t29-/m1/s1. The molecule has 16 heteroatoms. The molecule has 3 aromatic heterocycles. The number of halogens is 4. The predicted molar refractivity (Wildman–Crippen MR) is 183 cm³/mol. The summed E-state index contributed by atoms with van der Waals surface area (Å²) in [4.78, 5) is 40.3. The summed E-state index contributed by atoms with van der Waals surface area (Å²) in [5.41, 5.74) is 0.125. The molecule has 50 heavy (non-hydrogen) atoms. The Morgan fingerprint density at radius 3 is 2.48 bits per heavy atom. The quantitative estimate of drug-likeness (QED) is 0.118. The summed E-state index contributed by atoms with van der Waals surface area (Å²) in [5.74, 6) is 0.437.